The first-order valence-electron chi connectivity index (χ1n) is 4.97. The smallest absolute Gasteiger partial charge is 0.0131 e. The van der Waals surface area contributed by atoms with Crippen molar-refractivity contribution in [2.75, 3.05) is 13.1 Å². The van der Waals surface area contributed by atoms with Crippen LogP contribution >= 0.6 is 0 Å². The van der Waals surface area contributed by atoms with Crippen LogP contribution in [0.4, 0.5) is 0 Å². The third-order valence-electron chi connectivity index (χ3n) is 2.64. The molecule has 1 fully saturated rings. The highest BCUT2D eigenvalue weighted by Gasteiger charge is 2.26. The van der Waals surface area contributed by atoms with Crippen molar-refractivity contribution in [3.05, 3.63) is 0 Å². The van der Waals surface area contributed by atoms with Crippen LogP contribution in [0.2, 0.25) is 0 Å². The van der Waals surface area contributed by atoms with E-state index in [2.05, 4.69) is 38.3 Å². The van der Waals surface area contributed by atoms with E-state index >= 15 is 0 Å². The predicted octanol–water partition coefficient (Wildman–Crippen LogP) is 1.37. The highest BCUT2D eigenvalue weighted by Crippen LogP contribution is 2.23. The summed E-state index contributed by atoms with van der Waals surface area (Å²) in [5.41, 5.74) is 0.389. The molecule has 2 nitrogen and oxygen atoms in total. The number of hydrogen-bond donors (Lipinski definition) is 2. The molecular formula is C10H22N2. The Labute approximate surface area is 76.1 Å². The van der Waals surface area contributed by atoms with Gasteiger partial charge in [-0.3, -0.25) is 0 Å². The molecule has 1 aliphatic heterocycles. The van der Waals surface area contributed by atoms with Crippen molar-refractivity contribution < 1.29 is 0 Å². The molecule has 1 heterocycles. The molecule has 0 aliphatic carbocycles. The van der Waals surface area contributed by atoms with Crippen molar-refractivity contribution in [1.29, 1.82) is 0 Å². The summed E-state index contributed by atoms with van der Waals surface area (Å²) in [6.07, 6.45) is 1.24. The van der Waals surface area contributed by atoms with E-state index in [1.54, 1.807) is 0 Å². The van der Waals surface area contributed by atoms with Gasteiger partial charge in [-0.05, 0) is 18.8 Å². The molecule has 0 spiro atoms. The molecule has 1 aliphatic rings. The van der Waals surface area contributed by atoms with Crippen LogP contribution in [0.15, 0.2) is 0 Å². The second-order valence-electron chi connectivity index (χ2n) is 4.96. The first kappa shape index (κ1) is 10.0. The zero-order valence-corrected chi connectivity index (χ0v) is 8.78. The van der Waals surface area contributed by atoms with E-state index in [-0.39, 0.29) is 0 Å². The molecule has 0 aromatic rings. The topological polar surface area (TPSA) is 24.1 Å². The largest absolute Gasteiger partial charge is 0.313 e. The van der Waals surface area contributed by atoms with Crippen LogP contribution in [0.5, 0.6) is 0 Å². The Hall–Kier alpha value is -0.0800. The second kappa shape index (κ2) is 3.75. The quantitative estimate of drug-likeness (QED) is 0.574. The van der Waals surface area contributed by atoms with Gasteiger partial charge in [-0.15, -0.1) is 0 Å². The lowest BCUT2D eigenvalue weighted by atomic mass is 9.83. The summed E-state index contributed by atoms with van der Waals surface area (Å²) in [4.78, 5) is 0. The number of rotatable bonds is 0. The summed E-state index contributed by atoms with van der Waals surface area (Å²) in [7, 11) is 0. The average Bonchev–Trinajstić information content (AvgIpc) is 2.11. The van der Waals surface area contributed by atoms with Crippen LogP contribution in [-0.2, 0) is 0 Å². The Balaban J connectivity index is 2.52. The minimum absolute atomic E-state index is 0.389. The van der Waals surface area contributed by atoms with Crippen LogP contribution < -0.4 is 10.6 Å². The maximum absolute atomic E-state index is 3.59. The number of hydrogen-bond acceptors (Lipinski definition) is 2. The first-order chi connectivity index (χ1) is 5.50. The Kier molecular flexibility index (Phi) is 3.13. The summed E-state index contributed by atoms with van der Waals surface area (Å²) in [6.45, 7) is 11.4. The molecule has 2 heteroatoms. The van der Waals surface area contributed by atoms with Crippen molar-refractivity contribution >= 4 is 0 Å². The molecule has 72 valence electrons. The van der Waals surface area contributed by atoms with Gasteiger partial charge in [0, 0.05) is 25.2 Å². The number of nitrogens with one attached hydrogen (secondary N) is 2. The van der Waals surface area contributed by atoms with Gasteiger partial charge in [-0.1, -0.05) is 20.8 Å². The van der Waals surface area contributed by atoms with Crippen LogP contribution in [0.1, 0.15) is 34.1 Å². The van der Waals surface area contributed by atoms with Crippen molar-refractivity contribution in [2.24, 2.45) is 5.41 Å². The van der Waals surface area contributed by atoms with Crippen molar-refractivity contribution in [1.82, 2.24) is 10.6 Å². The molecule has 12 heavy (non-hydrogen) atoms. The summed E-state index contributed by atoms with van der Waals surface area (Å²) < 4.78 is 0. The van der Waals surface area contributed by atoms with Crippen LogP contribution in [-0.4, -0.2) is 25.2 Å². The molecule has 1 saturated heterocycles. The Morgan fingerprint density at radius 3 is 2.25 bits per heavy atom. The Morgan fingerprint density at radius 1 is 1.08 bits per heavy atom. The zero-order chi connectivity index (χ0) is 9.19. The second-order valence-corrected chi connectivity index (χ2v) is 4.96. The van der Waals surface area contributed by atoms with Crippen molar-refractivity contribution in [3.8, 4) is 0 Å². The lowest BCUT2D eigenvalue weighted by molar-refractivity contribution is 0.256. The van der Waals surface area contributed by atoms with Gasteiger partial charge in [-0.25, -0.2) is 0 Å². The SMILES string of the molecule is CC1CC(C(C)(C)C)NCCN1. The van der Waals surface area contributed by atoms with E-state index < -0.39 is 0 Å². The lowest BCUT2D eigenvalue weighted by Crippen LogP contribution is -2.41. The predicted molar refractivity (Wildman–Crippen MR) is 53.3 cm³/mol. The van der Waals surface area contributed by atoms with Gasteiger partial charge in [0.1, 0.15) is 0 Å². The summed E-state index contributed by atoms with van der Waals surface area (Å²) in [5.74, 6) is 0. The van der Waals surface area contributed by atoms with Gasteiger partial charge in [-0.2, -0.15) is 0 Å². The fourth-order valence-electron chi connectivity index (χ4n) is 1.74. The molecule has 0 aromatic heterocycles. The fraction of sp³-hybridized carbons (Fsp3) is 1.00. The van der Waals surface area contributed by atoms with E-state index in [1.807, 2.05) is 0 Å². The summed E-state index contributed by atoms with van der Waals surface area (Å²) in [6, 6.07) is 1.31. The molecule has 0 radical (unpaired) electrons. The van der Waals surface area contributed by atoms with Gasteiger partial charge in [0.05, 0.1) is 0 Å². The van der Waals surface area contributed by atoms with E-state index in [0.29, 0.717) is 17.5 Å². The van der Waals surface area contributed by atoms with E-state index in [9.17, 15) is 0 Å². The standard InChI is InChI=1S/C10H22N2/c1-8-7-9(10(2,3)4)12-6-5-11-8/h8-9,11-12H,5-7H2,1-4H3. The lowest BCUT2D eigenvalue weighted by Gasteiger charge is -2.31. The molecule has 0 saturated carbocycles. The summed E-state index contributed by atoms with van der Waals surface area (Å²) in [5, 5.41) is 7.07. The third-order valence-corrected chi connectivity index (χ3v) is 2.64. The zero-order valence-electron chi connectivity index (χ0n) is 8.78. The van der Waals surface area contributed by atoms with Gasteiger partial charge >= 0.3 is 0 Å². The molecule has 0 amide bonds. The maximum atomic E-state index is 3.59. The average molecular weight is 170 g/mol. The highest BCUT2D eigenvalue weighted by molar-refractivity contribution is 4.86. The summed E-state index contributed by atoms with van der Waals surface area (Å²) >= 11 is 0. The van der Waals surface area contributed by atoms with E-state index in [0.717, 1.165) is 13.1 Å². The Morgan fingerprint density at radius 2 is 1.67 bits per heavy atom. The first-order valence-corrected chi connectivity index (χ1v) is 4.97. The molecular weight excluding hydrogens is 148 g/mol. The van der Waals surface area contributed by atoms with Gasteiger partial charge in [0.2, 0.25) is 0 Å². The van der Waals surface area contributed by atoms with Crippen molar-refractivity contribution in [3.63, 3.8) is 0 Å². The minimum Gasteiger partial charge on any atom is -0.313 e. The Bertz CT molecular complexity index is 137. The molecule has 0 bridgehead atoms. The van der Waals surface area contributed by atoms with E-state index in [4.69, 9.17) is 0 Å². The van der Waals surface area contributed by atoms with Gasteiger partial charge < -0.3 is 10.6 Å². The van der Waals surface area contributed by atoms with Crippen LogP contribution in [0.25, 0.3) is 0 Å². The normalized spacial score (nSPS) is 33.0. The molecule has 2 unspecified atom stereocenters. The molecule has 2 atom stereocenters. The molecule has 1 rings (SSSR count). The van der Waals surface area contributed by atoms with Gasteiger partial charge in [0.25, 0.3) is 0 Å². The highest BCUT2D eigenvalue weighted by atomic mass is 15.0. The van der Waals surface area contributed by atoms with Crippen LogP contribution in [0.3, 0.4) is 0 Å². The van der Waals surface area contributed by atoms with Crippen molar-refractivity contribution in [2.45, 2.75) is 46.2 Å². The monoisotopic (exact) mass is 170 g/mol. The van der Waals surface area contributed by atoms with Gasteiger partial charge in [0.15, 0.2) is 0 Å². The van der Waals surface area contributed by atoms with E-state index in [1.165, 1.54) is 6.42 Å². The molecule has 2 N–H and O–H groups in total. The minimum atomic E-state index is 0.389. The fourth-order valence-corrected chi connectivity index (χ4v) is 1.74. The maximum Gasteiger partial charge on any atom is 0.0131 e. The third kappa shape index (κ3) is 2.76. The van der Waals surface area contributed by atoms with Crippen LogP contribution in [0, 0.1) is 5.41 Å². The molecule has 0 aromatic carbocycles.